The van der Waals surface area contributed by atoms with E-state index in [0.717, 1.165) is 18.5 Å². The van der Waals surface area contributed by atoms with E-state index in [1.54, 1.807) is 0 Å². The van der Waals surface area contributed by atoms with Crippen LogP contribution in [0.15, 0.2) is 24.3 Å². The van der Waals surface area contributed by atoms with E-state index in [0.29, 0.717) is 11.4 Å². The van der Waals surface area contributed by atoms with Crippen LogP contribution >= 0.6 is 24.0 Å². The lowest BCUT2D eigenvalue weighted by molar-refractivity contribution is -0.121. The Labute approximate surface area is 120 Å². The van der Waals surface area contributed by atoms with Crippen molar-refractivity contribution in [2.45, 2.75) is 25.8 Å². The molecule has 1 unspecified atom stereocenters. The molecule has 0 aliphatic rings. The van der Waals surface area contributed by atoms with E-state index in [1.165, 1.54) is 0 Å². The number of halogens is 2. The third-order valence-corrected chi connectivity index (χ3v) is 2.92. The smallest absolute Gasteiger partial charge is 0.220 e. The summed E-state index contributed by atoms with van der Waals surface area (Å²) in [5.74, 6) is 0.0627. The van der Waals surface area contributed by atoms with Crippen molar-refractivity contribution in [1.82, 2.24) is 10.6 Å². The molecule has 1 aromatic carbocycles. The van der Waals surface area contributed by atoms with Crippen LogP contribution < -0.4 is 10.6 Å². The number of rotatable bonds is 6. The highest BCUT2D eigenvalue weighted by molar-refractivity contribution is 6.31. The zero-order chi connectivity index (χ0) is 12.7. The second-order valence-electron chi connectivity index (χ2n) is 4.02. The van der Waals surface area contributed by atoms with E-state index in [2.05, 4.69) is 10.6 Å². The van der Waals surface area contributed by atoms with Crippen LogP contribution in [0.25, 0.3) is 0 Å². The van der Waals surface area contributed by atoms with Gasteiger partial charge in [0.2, 0.25) is 5.91 Å². The van der Waals surface area contributed by atoms with Crippen molar-refractivity contribution < 1.29 is 4.79 Å². The lowest BCUT2D eigenvalue weighted by Crippen LogP contribution is -2.27. The maximum absolute atomic E-state index is 11.6. The molecule has 3 nitrogen and oxygen atoms in total. The van der Waals surface area contributed by atoms with E-state index in [4.69, 9.17) is 11.6 Å². The second-order valence-corrected chi connectivity index (χ2v) is 4.43. The Morgan fingerprint density at radius 2 is 2.06 bits per heavy atom. The fraction of sp³-hybridized carbons (Fsp3) is 0.462. The molecule has 0 bridgehead atoms. The molecule has 0 saturated carbocycles. The largest absolute Gasteiger partial charge is 0.350 e. The molecule has 1 atom stereocenters. The average molecular weight is 291 g/mol. The fourth-order valence-corrected chi connectivity index (χ4v) is 1.94. The van der Waals surface area contributed by atoms with Crippen molar-refractivity contribution in [2.75, 3.05) is 13.6 Å². The molecule has 0 spiro atoms. The van der Waals surface area contributed by atoms with Gasteiger partial charge in [-0.05, 0) is 38.6 Å². The molecule has 18 heavy (non-hydrogen) atoms. The van der Waals surface area contributed by atoms with Crippen molar-refractivity contribution >= 4 is 29.9 Å². The molecule has 0 saturated heterocycles. The monoisotopic (exact) mass is 290 g/mol. The van der Waals surface area contributed by atoms with Crippen molar-refractivity contribution in [3.8, 4) is 0 Å². The van der Waals surface area contributed by atoms with E-state index >= 15 is 0 Å². The predicted molar refractivity (Wildman–Crippen MR) is 78.4 cm³/mol. The summed E-state index contributed by atoms with van der Waals surface area (Å²) in [6.45, 7) is 2.80. The fourth-order valence-electron chi connectivity index (χ4n) is 1.64. The highest BCUT2D eigenvalue weighted by Crippen LogP contribution is 2.22. The zero-order valence-electron chi connectivity index (χ0n) is 10.7. The van der Waals surface area contributed by atoms with Crippen molar-refractivity contribution in [3.63, 3.8) is 0 Å². The van der Waals surface area contributed by atoms with Crippen LogP contribution in [-0.2, 0) is 4.79 Å². The Morgan fingerprint density at radius 1 is 1.39 bits per heavy atom. The Bertz CT molecular complexity index is 372. The summed E-state index contributed by atoms with van der Waals surface area (Å²) in [6, 6.07) is 7.52. The number of carbonyl (C=O) groups excluding carboxylic acids is 1. The minimum Gasteiger partial charge on any atom is -0.350 e. The normalized spacial score (nSPS) is 11.5. The van der Waals surface area contributed by atoms with Crippen LogP contribution in [0.1, 0.15) is 31.4 Å². The number of amides is 1. The van der Waals surface area contributed by atoms with Gasteiger partial charge in [0.15, 0.2) is 0 Å². The maximum atomic E-state index is 11.6. The van der Waals surface area contributed by atoms with Gasteiger partial charge in [-0.25, -0.2) is 0 Å². The first-order valence-electron chi connectivity index (χ1n) is 5.83. The van der Waals surface area contributed by atoms with E-state index in [1.807, 2.05) is 38.2 Å². The van der Waals surface area contributed by atoms with Gasteiger partial charge in [0.05, 0.1) is 6.04 Å². The number of carbonyl (C=O) groups is 1. The minimum absolute atomic E-state index is 0. The molecule has 0 fully saturated rings. The van der Waals surface area contributed by atoms with Gasteiger partial charge in [0.25, 0.3) is 0 Å². The van der Waals surface area contributed by atoms with Gasteiger partial charge in [-0.3, -0.25) is 4.79 Å². The second kappa shape index (κ2) is 9.20. The number of hydrogen-bond donors (Lipinski definition) is 2. The molecule has 5 heteroatoms. The molecule has 102 valence electrons. The van der Waals surface area contributed by atoms with Gasteiger partial charge in [-0.15, -0.1) is 12.4 Å². The molecule has 1 amide bonds. The van der Waals surface area contributed by atoms with Gasteiger partial charge >= 0.3 is 0 Å². The van der Waals surface area contributed by atoms with E-state index < -0.39 is 0 Å². The molecule has 0 aromatic heterocycles. The summed E-state index contributed by atoms with van der Waals surface area (Å²) in [5, 5.41) is 6.65. The van der Waals surface area contributed by atoms with Crippen LogP contribution in [0.3, 0.4) is 0 Å². The Morgan fingerprint density at radius 3 is 2.67 bits per heavy atom. The van der Waals surface area contributed by atoms with Gasteiger partial charge in [0.1, 0.15) is 0 Å². The summed E-state index contributed by atoms with van der Waals surface area (Å²) in [7, 11) is 1.88. The molecule has 1 rings (SSSR count). The van der Waals surface area contributed by atoms with Gasteiger partial charge in [-0.2, -0.15) is 0 Å². The molecule has 0 radical (unpaired) electrons. The van der Waals surface area contributed by atoms with Gasteiger partial charge in [-0.1, -0.05) is 29.8 Å². The summed E-state index contributed by atoms with van der Waals surface area (Å²) in [4.78, 5) is 11.6. The summed E-state index contributed by atoms with van der Waals surface area (Å²) in [5.41, 5.74) is 0.955. The number of hydrogen-bond acceptors (Lipinski definition) is 2. The summed E-state index contributed by atoms with van der Waals surface area (Å²) in [6.07, 6.45) is 1.38. The number of benzene rings is 1. The third-order valence-electron chi connectivity index (χ3n) is 2.58. The summed E-state index contributed by atoms with van der Waals surface area (Å²) < 4.78 is 0. The van der Waals surface area contributed by atoms with Crippen molar-refractivity contribution in [1.29, 1.82) is 0 Å². The molecule has 0 aliphatic heterocycles. The summed E-state index contributed by atoms with van der Waals surface area (Å²) >= 11 is 6.07. The molecule has 0 aliphatic carbocycles. The lowest BCUT2D eigenvalue weighted by atomic mass is 10.1. The Balaban J connectivity index is 0.00000289. The molecule has 0 heterocycles. The van der Waals surface area contributed by atoms with Crippen molar-refractivity contribution in [2.24, 2.45) is 0 Å². The highest BCUT2D eigenvalue weighted by Gasteiger charge is 2.11. The first-order valence-corrected chi connectivity index (χ1v) is 6.21. The number of nitrogens with one attached hydrogen (secondary N) is 2. The van der Waals surface area contributed by atoms with Gasteiger partial charge < -0.3 is 10.6 Å². The molecule has 1 aromatic rings. The quantitative estimate of drug-likeness (QED) is 0.791. The topological polar surface area (TPSA) is 41.1 Å². The van der Waals surface area contributed by atoms with Crippen LogP contribution in [0, 0.1) is 0 Å². The molecular formula is C13H20Cl2N2O. The molecular weight excluding hydrogens is 271 g/mol. The SMILES string of the molecule is CNCCCC(=O)NC(C)c1ccccc1Cl.Cl. The maximum Gasteiger partial charge on any atom is 0.220 e. The highest BCUT2D eigenvalue weighted by atomic mass is 35.5. The Kier molecular flexibility index (Phi) is 8.81. The van der Waals surface area contributed by atoms with E-state index in [9.17, 15) is 4.79 Å². The zero-order valence-corrected chi connectivity index (χ0v) is 12.3. The van der Waals surface area contributed by atoms with Crippen LogP contribution in [-0.4, -0.2) is 19.5 Å². The minimum atomic E-state index is -0.0502. The van der Waals surface area contributed by atoms with Crippen molar-refractivity contribution in [3.05, 3.63) is 34.9 Å². The van der Waals surface area contributed by atoms with E-state index in [-0.39, 0.29) is 24.4 Å². The first kappa shape index (κ1) is 17.2. The average Bonchev–Trinajstić information content (AvgIpc) is 2.29. The predicted octanol–water partition coefficient (Wildman–Crippen LogP) is 2.94. The van der Waals surface area contributed by atoms with Gasteiger partial charge in [0, 0.05) is 11.4 Å². The van der Waals surface area contributed by atoms with Crippen LogP contribution in [0.4, 0.5) is 0 Å². The Hall–Kier alpha value is -0.770. The molecule has 2 N–H and O–H groups in total. The standard InChI is InChI=1S/C13H19ClN2O.ClH/c1-10(11-6-3-4-7-12(11)14)16-13(17)8-5-9-15-2;/h3-4,6-7,10,15H,5,8-9H2,1-2H3,(H,16,17);1H. The van der Waals surface area contributed by atoms with Crippen LogP contribution in [0.5, 0.6) is 0 Å². The third kappa shape index (κ3) is 5.71. The lowest BCUT2D eigenvalue weighted by Gasteiger charge is -2.15. The van der Waals surface area contributed by atoms with Crippen LogP contribution in [0.2, 0.25) is 5.02 Å². The first-order chi connectivity index (χ1) is 8.15.